The van der Waals surface area contributed by atoms with Crippen molar-refractivity contribution in [3.63, 3.8) is 0 Å². The normalized spacial score (nSPS) is 15.6. The van der Waals surface area contributed by atoms with Gasteiger partial charge in [0, 0.05) is 13.0 Å². The Morgan fingerprint density at radius 2 is 2.22 bits per heavy atom. The minimum absolute atomic E-state index is 0.0251. The Balaban J connectivity index is 1.74. The van der Waals surface area contributed by atoms with Crippen LogP contribution in [0, 0.1) is 17.0 Å². The molecule has 0 saturated carbocycles. The maximum atomic E-state index is 11.9. The average Bonchev–Trinajstić information content (AvgIpc) is 2.81. The molecule has 0 aromatic carbocycles. The van der Waals surface area contributed by atoms with Crippen LogP contribution in [-0.4, -0.2) is 60.0 Å². The van der Waals surface area contributed by atoms with E-state index >= 15 is 0 Å². The fourth-order valence-corrected chi connectivity index (χ4v) is 2.88. The third-order valence-corrected chi connectivity index (χ3v) is 4.74. The molecule has 1 aromatic heterocycles. The van der Waals surface area contributed by atoms with Gasteiger partial charge in [-0.1, -0.05) is 0 Å². The predicted octanol–water partition coefficient (Wildman–Crippen LogP) is -0.716. The number of ether oxygens (including phenoxy) is 1. The number of amides is 1. The van der Waals surface area contributed by atoms with Gasteiger partial charge in [-0.15, -0.1) is 0 Å². The van der Waals surface area contributed by atoms with Crippen LogP contribution >= 0.6 is 15.9 Å². The molecule has 128 valence electrons. The van der Waals surface area contributed by atoms with Crippen molar-refractivity contribution >= 4 is 27.7 Å². The zero-order valence-electron chi connectivity index (χ0n) is 13.0. The van der Waals surface area contributed by atoms with Crippen LogP contribution in [0.5, 0.6) is 0 Å². The molecule has 2 heterocycles. The van der Waals surface area contributed by atoms with Gasteiger partial charge in [-0.25, -0.2) is 0 Å². The second kappa shape index (κ2) is 8.37. The van der Waals surface area contributed by atoms with E-state index in [4.69, 9.17) is 4.74 Å². The third kappa shape index (κ3) is 4.98. The monoisotopic (exact) mass is 390 g/mol. The average molecular weight is 391 g/mol. The molecule has 0 unspecified atom stereocenters. The van der Waals surface area contributed by atoms with Crippen molar-refractivity contribution < 1.29 is 19.4 Å². The fraction of sp³-hybridized carbons (Fsp3) is 0.692. The maximum Gasteiger partial charge on any atom is 0.404 e. The van der Waals surface area contributed by atoms with E-state index in [1.807, 2.05) is 0 Å². The Morgan fingerprint density at radius 3 is 2.83 bits per heavy atom. The van der Waals surface area contributed by atoms with Crippen LogP contribution in [0.25, 0.3) is 0 Å². The lowest BCUT2D eigenvalue weighted by Gasteiger charge is -2.23. The molecule has 0 radical (unpaired) electrons. The van der Waals surface area contributed by atoms with Crippen LogP contribution in [0.2, 0.25) is 0 Å². The van der Waals surface area contributed by atoms with E-state index in [2.05, 4.69) is 26.3 Å². The topological polar surface area (TPSA) is 104 Å². The number of quaternary nitrogens is 1. The molecule has 2 rings (SSSR count). The van der Waals surface area contributed by atoms with Crippen LogP contribution in [0.15, 0.2) is 4.47 Å². The van der Waals surface area contributed by atoms with Crippen molar-refractivity contribution in [2.24, 2.45) is 0 Å². The van der Waals surface area contributed by atoms with Crippen LogP contribution in [0.3, 0.4) is 0 Å². The predicted molar refractivity (Wildman–Crippen MR) is 85.3 cm³/mol. The first-order valence-corrected chi connectivity index (χ1v) is 8.33. The molecular formula is C13H21BrN5O4+. The van der Waals surface area contributed by atoms with Gasteiger partial charge in [0.1, 0.15) is 24.1 Å². The van der Waals surface area contributed by atoms with Crippen LogP contribution < -0.4 is 10.2 Å². The Kier molecular flexibility index (Phi) is 6.48. The molecule has 1 fully saturated rings. The molecular weight excluding hydrogens is 370 g/mol. The number of hydrogen-bond donors (Lipinski definition) is 2. The SMILES string of the molecule is Cc1c(Br)c([N+](=O)[O-])nn1CC(=O)NCCC[NH+]1CCOCC1. The van der Waals surface area contributed by atoms with Crippen LogP contribution in [0.1, 0.15) is 12.1 Å². The highest BCUT2D eigenvalue weighted by Gasteiger charge is 2.24. The number of carbonyl (C=O) groups is 1. The van der Waals surface area contributed by atoms with Crippen molar-refractivity contribution in [3.8, 4) is 0 Å². The molecule has 1 saturated heterocycles. The highest BCUT2D eigenvalue weighted by molar-refractivity contribution is 9.10. The summed E-state index contributed by atoms with van der Waals surface area (Å²) in [6.45, 7) is 6.87. The van der Waals surface area contributed by atoms with Gasteiger partial charge in [0.25, 0.3) is 0 Å². The lowest BCUT2D eigenvalue weighted by molar-refractivity contribution is -0.908. The fourth-order valence-electron chi connectivity index (χ4n) is 2.45. The van der Waals surface area contributed by atoms with Crippen molar-refractivity contribution in [3.05, 3.63) is 20.3 Å². The maximum absolute atomic E-state index is 11.9. The van der Waals surface area contributed by atoms with E-state index < -0.39 is 4.92 Å². The molecule has 0 aliphatic carbocycles. The number of halogens is 1. The van der Waals surface area contributed by atoms with Crippen molar-refractivity contribution in [1.82, 2.24) is 15.1 Å². The van der Waals surface area contributed by atoms with E-state index in [1.165, 1.54) is 9.58 Å². The smallest absolute Gasteiger partial charge is 0.370 e. The Bertz CT molecular complexity index is 571. The minimum Gasteiger partial charge on any atom is -0.370 e. The Morgan fingerprint density at radius 1 is 1.52 bits per heavy atom. The number of rotatable bonds is 7. The standard InChI is InChI=1S/C13H20BrN5O4/c1-10-12(14)13(19(21)22)16-18(10)9-11(20)15-3-2-4-17-5-7-23-8-6-17/h2-9H2,1H3,(H,15,20)/p+1. The number of aromatic nitrogens is 2. The highest BCUT2D eigenvalue weighted by Crippen LogP contribution is 2.26. The molecule has 2 N–H and O–H groups in total. The summed E-state index contributed by atoms with van der Waals surface area (Å²) in [6.07, 6.45) is 0.892. The Labute approximate surface area is 142 Å². The minimum atomic E-state index is -0.573. The van der Waals surface area contributed by atoms with Gasteiger partial charge in [0.05, 0.1) is 30.6 Å². The number of carbonyl (C=O) groups excluding carboxylic acids is 1. The molecule has 1 aliphatic rings. The summed E-state index contributed by atoms with van der Waals surface area (Å²) < 4.78 is 6.95. The number of morpholine rings is 1. The molecule has 0 atom stereocenters. The van der Waals surface area contributed by atoms with Gasteiger partial charge in [0.15, 0.2) is 0 Å². The second-order valence-corrected chi connectivity index (χ2v) is 6.25. The number of hydrogen-bond acceptors (Lipinski definition) is 5. The quantitative estimate of drug-likeness (QED) is 0.363. The molecule has 0 bridgehead atoms. The summed E-state index contributed by atoms with van der Waals surface area (Å²) >= 11 is 3.13. The van der Waals surface area contributed by atoms with Gasteiger partial charge < -0.3 is 25.1 Å². The number of nitrogens with zero attached hydrogens (tertiary/aromatic N) is 3. The summed E-state index contributed by atoms with van der Waals surface area (Å²) in [4.78, 5) is 23.7. The number of nitro groups is 1. The first-order chi connectivity index (χ1) is 11.0. The third-order valence-electron chi connectivity index (χ3n) is 3.81. The Hall–Kier alpha value is -1.52. The van der Waals surface area contributed by atoms with Crippen molar-refractivity contribution in [2.75, 3.05) is 39.4 Å². The molecule has 1 aromatic rings. The molecule has 9 nitrogen and oxygen atoms in total. The van der Waals surface area contributed by atoms with Crippen molar-refractivity contribution in [2.45, 2.75) is 19.9 Å². The molecule has 23 heavy (non-hydrogen) atoms. The zero-order valence-corrected chi connectivity index (χ0v) is 14.6. The molecule has 1 aliphatic heterocycles. The highest BCUT2D eigenvalue weighted by atomic mass is 79.9. The van der Waals surface area contributed by atoms with E-state index in [9.17, 15) is 14.9 Å². The van der Waals surface area contributed by atoms with Gasteiger partial charge in [-0.3, -0.25) is 4.79 Å². The largest absolute Gasteiger partial charge is 0.404 e. The first-order valence-electron chi connectivity index (χ1n) is 7.54. The molecule has 1 amide bonds. The van der Waals surface area contributed by atoms with Gasteiger partial charge in [0.2, 0.25) is 5.91 Å². The van der Waals surface area contributed by atoms with E-state index in [0.29, 0.717) is 16.7 Å². The first kappa shape index (κ1) is 17.8. The van der Waals surface area contributed by atoms with E-state index in [0.717, 1.165) is 39.3 Å². The van der Waals surface area contributed by atoms with Gasteiger partial charge in [-0.2, -0.15) is 4.68 Å². The van der Waals surface area contributed by atoms with Crippen molar-refractivity contribution in [1.29, 1.82) is 0 Å². The van der Waals surface area contributed by atoms with E-state index in [-0.39, 0.29) is 18.3 Å². The van der Waals surface area contributed by atoms with Crippen LogP contribution in [0.4, 0.5) is 5.82 Å². The summed E-state index contributed by atoms with van der Waals surface area (Å²) in [5.41, 5.74) is 0.560. The second-order valence-electron chi connectivity index (χ2n) is 5.45. The lowest BCUT2D eigenvalue weighted by Crippen LogP contribution is -3.14. The summed E-state index contributed by atoms with van der Waals surface area (Å²) in [5, 5.41) is 17.5. The lowest BCUT2D eigenvalue weighted by atomic mass is 10.3. The van der Waals surface area contributed by atoms with E-state index in [1.54, 1.807) is 6.92 Å². The van der Waals surface area contributed by atoms with Gasteiger partial charge in [-0.05, 0) is 27.8 Å². The van der Waals surface area contributed by atoms with Crippen LogP contribution in [-0.2, 0) is 16.1 Å². The molecule has 10 heteroatoms. The summed E-state index contributed by atoms with van der Waals surface area (Å²) in [6, 6.07) is 0. The summed E-state index contributed by atoms with van der Waals surface area (Å²) in [7, 11) is 0. The van der Waals surface area contributed by atoms with Gasteiger partial charge >= 0.3 is 5.82 Å². The summed E-state index contributed by atoms with van der Waals surface area (Å²) in [5.74, 6) is -0.471. The molecule has 0 spiro atoms. The number of nitrogens with one attached hydrogen (secondary N) is 2. The zero-order chi connectivity index (χ0) is 16.8.